The topological polar surface area (TPSA) is 3.24 Å². The van der Waals surface area contributed by atoms with Gasteiger partial charge in [0.1, 0.15) is 0 Å². The zero-order valence-electron chi connectivity index (χ0n) is 23.8. The highest BCUT2D eigenvalue weighted by Gasteiger charge is 2.38. The van der Waals surface area contributed by atoms with Gasteiger partial charge in [-0.2, -0.15) is 0 Å². The van der Waals surface area contributed by atoms with Gasteiger partial charge in [-0.3, -0.25) is 0 Å². The van der Waals surface area contributed by atoms with Crippen LogP contribution in [0.1, 0.15) is 30.5 Å². The third-order valence-electron chi connectivity index (χ3n) is 8.58. The van der Waals surface area contributed by atoms with Crippen molar-refractivity contribution in [3.8, 4) is 33.4 Å². The number of hydrogen-bond acceptors (Lipinski definition) is 1. The van der Waals surface area contributed by atoms with Crippen molar-refractivity contribution < 1.29 is 0 Å². The number of aryl methyl sites for hydroxylation is 1. The molecule has 0 aromatic heterocycles. The maximum atomic E-state index is 2.46. The molecule has 0 saturated heterocycles. The predicted octanol–water partition coefficient (Wildman–Crippen LogP) is 11.1. The lowest BCUT2D eigenvalue weighted by molar-refractivity contribution is 0.661. The molecule has 1 aliphatic carbocycles. The summed E-state index contributed by atoms with van der Waals surface area (Å²) < 4.78 is 0. The molecule has 0 radical (unpaired) electrons. The van der Waals surface area contributed by atoms with Crippen molar-refractivity contribution in [2.75, 3.05) is 4.90 Å². The van der Waals surface area contributed by atoms with Crippen molar-refractivity contribution in [2.24, 2.45) is 0 Å². The first-order valence-corrected chi connectivity index (χ1v) is 14.4. The average molecular weight is 528 g/mol. The third-order valence-corrected chi connectivity index (χ3v) is 8.58. The van der Waals surface area contributed by atoms with E-state index in [0.29, 0.717) is 0 Å². The van der Waals surface area contributed by atoms with Crippen molar-refractivity contribution >= 4 is 17.1 Å². The van der Waals surface area contributed by atoms with Gasteiger partial charge in [-0.25, -0.2) is 0 Å². The molecule has 1 heteroatoms. The molecule has 6 aromatic rings. The molecule has 0 bridgehead atoms. The minimum absolute atomic E-state index is 0.122. The van der Waals surface area contributed by atoms with Crippen molar-refractivity contribution in [2.45, 2.75) is 26.2 Å². The Morgan fingerprint density at radius 1 is 0.463 bits per heavy atom. The van der Waals surface area contributed by atoms with Crippen LogP contribution in [0.4, 0.5) is 17.1 Å². The largest absolute Gasteiger partial charge is 0.310 e. The summed E-state index contributed by atoms with van der Waals surface area (Å²) in [5, 5.41) is 0. The fourth-order valence-corrected chi connectivity index (χ4v) is 6.56. The van der Waals surface area contributed by atoms with E-state index in [9.17, 15) is 0 Å². The minimum Gasteiger partial charge on any atom is -0.310 e. The van der Waals surface area contributed by atoms with Gasteiger partial charge in [-0.1, -0.05) is 129 Å². The maximum absolute atomic E-state index is 2.46. The van der Waals surface area contributed by atoms with Crippen LogP contribution in [0.3, 0.4) is 0 Å². The van der Waals surface area contributed by atoms with Gasteiger partial charge in [-0.15, -0.1) is 0 Å². The highest BCUT2D eigenvalue weighted by Crippen LogP contribution is 2.54. The van der Waals surface area contributed by atoms with Gasteiger partial charge in [0, 0.05) is 16.8 Å². The molecular weight excluding hydrogens is 494 g/mol. The number of anilines is 3. The highest BCUT2D eigenvalue weighted by atomic mass is 15.1. The van der Waals surface area contributed by atoms with E-state index in [0.717, 1.165) is 5.69 Å². The second-order valence-electron chi connectivity index (χ2n) is 11.5. The smallest absolute Gasteiger partial charge is 0.0508 e. The van der Waals surface area contributed by atoms with Gasteiger partial charge in [0.05, 0.1) is 5.69 Å². The quantitative estimate of drug-likeness (QED) is 0.215. The second-order valence-corrected chi connectivity index (χ2v) is 11.5. The molecule has 0 fully saturated rings. The van der Waals surface area contributed by atoms with Gasteiger partial charge in [0.2, 0.25) is 0 Å². The molecular formula is C40H33N. The summed E-state index contributed by atoms with van der Waals surface area (Å²) in [6.45, 7) is 6.96. The number of fused-ring (bicyclic) bond motifs is 3. The Kier molecular flexibility index (Phi) is 6.09. The lowest BCUT2D eigenvalue weighted by Crippen LogP contribution is -2.21. The monoisotopic (exact) mass is 527 g/mol. The molecule has 0 spiro atoms. The van der Waals surface area contributed by atoms with Crippen LogP contribution in [0, 0.1) is 6.92 Å². The molecule has 198 valence electrons. The lowest BCUT2D eigenvalue weighted by atomic mass is 9.81. The van der Waals surface area contributed by atoms with E-state index in [1.54, 1.807) is 0 Å². The van der Waals surface area contributed by atoms with Crippen molar-refractivity contribution in [1.29, 1.82) is 0 Å². The standard InChI is InChI=1S/C40H33N/c1-28-27-32(30-15-8-5-9-16-30)23-26-37(28)41(33-24-21-31(22-25-33)29-13-6-4-7-14-29)38-20-12-18-35-34-17-10-11-19-36(34)40(2,3)39(35)38/h4-27H,1-3H3. The number of rotatable bonds is 5. The average Bonchev–Trinajstić information content (AvgIpc) is 3.26. The number of hydrogen-bond donors (Lipinski definition) is 0. The predicted molar refractivity (Wildman–Crippen MR) is 174 cm³/mol. The van der Waals surface area contributed by atoms with Gasteiger partial charge >= 0.3 is 0 Å². The van der Waals surface area contributed by atoms with Crippen molar-refractivity contribution in [3.05, 3.63) is 162 Å². The van der Waals surface area contributed by atoms with E-state index in [1.807, 2.05) is 0 Å². The summed E-state index contributed by atoms with van der Waals surface area (Å²) in [6, 6.07) is 52.8. The van der Waals surface area contributed by atoms with Gasteiger partial charge < -0.3 is 4.90 Å². The summed E-state index contributed by atoms with van der Waals surface area (Å²) in [4.78, 5) is 2.46. The summed E-state index contributed by atoms with van der Waals surface area (Å²) in [5.41, 5.74) is 15.0. The zero-order valence-corrected chi connectivity index (χ0v) is 23.8. The minimum atomic E-state index is -0.122. The Balaban J connectivity index is 1.42. The Bertz CT molecular complexity index is 1850. The first kappa shape index (κ1) is 25.1. The summed E-state index contributed by atoms with van der Waals surface area (Å²) >= 11 is 0. The summed E-state index contributed by atoms with van der Waals surface area (Å²) in [6.07, 6.45) is 0. The third kappa shape index (κ3) is 4.26. The van der Waals surface area contributed by atoms with Gasteiger partial charge in [0.15, 0.2) is 0 Å². The zero-order chi connectivity index (χ0) is 28.0. The van der Waals surface area contributed by atoms with Crippen LogP contribution in [-0.4, -0.2) is 0 Å². The fourth-order valence-electron chi connectivity index (χ4n) is 6.56. The first-order valence-electron chi connectivity index (χ1n) is 14.4. The van der Waals surface area contributed by atoms with E-state index in [2.05, 4.69) is 171 Å². The summed E-state index contributed by atoms with van der Waals surface area (Å²) in [5.74, 6) is 0. The molecule has 1 nitrogen and oxygen atoms in total. The van der Waals surface area contributed by atoms with Crippen molar-refractivity contribution in [3.63, 3.8) is 0 Å². The molecule has 0 amide bonds. The molecule has 1 aliphatic rings. The van der Waals surface area contributed by atoms with Crippen LogP contribution in [0.2, 0.25) is 0 Å². The SMILES string of the molecule is Cc1cc(-c2ccccc2)ccc1N(c1ccc(-c2ccccc2)cc1)c1cccc2c1C(C)(C)c1ccccc1-2. The molecule has 6 aromatic carbocycles. The van der Waals surface area contributed by atoms with E-state index >= 15 is 0 Å². The normalized spacial score (nSPS) is 13.0. The van der Waals surface area contributed by atoms with Crippen molar-refractivity contribution in [1.82, 2.24) is 0 Å². The van der Waals surface area contributed by atoms with E-state index in [1.165, 1.54) is 61.4 Å². The molecule has 0 saturated carbocycles. The second kappa shape index (κ2) is 9.94. The Morgan fingerprint density at radius 3 is 1.71 bits per heavy atom. The van der Waals surface area contributed by atoms with Crippen LogP contribution in [0.15, 0.2) is 146 Å². The van der Waals surface area contributed by atoms with E-state index in [-0.39, 0.29) is 5.41 Å². The fraction of sp³-hybridized carbons (Fsp3) is 0.100. The van der Waals surface area contributed by atoms with Crippen LogP contribution >= 0.6 is 0 Å². The molecule has 0 atom stereocenters. The Hall–Kier alpha value is -4.88. The lowest BCUT2D eigenvalue weighted by Gasteiger charge is -2.33. The maximum Gasteiger partial charge on any atom is 0.0508 e. The van der Waals surface area contributed by atoms with E-state index in [4.69, 9.17) is 0 Å². The number of nitrogens with zero attached hydrogens (tertiary/aromatic N) is 1. The van der Waals surface area contributed by atoms with E-state index < -0.39 is 0 Å². The highest BCUT2D eigenvalue weighted by molar-refractivity contribution is 5.91. The summed E-state index contributed by atoms with van der Waals surface area (Å²) in [7, 11) is 0. The number of benzene rings is 6. The van der Waals surface area contributed by atoms with Crippen LogP contribution < -0.4 is 4.90 Å². The Morgan fingerprint density at radius 2 is 1.02 bits per heavy atom. The van der Waals surface area contributed by atoms with Crippen LogP contribution in [-0.2, 0) is 5.41 Å². The van der Waals surface area contributed by atoms with Crippen LogP contribution in [0.25, 0.3) is 33.4 Å². The molecule has 41 heavy (non-hydrogen) atoms. The van der Waals surface area contributed by atoms with Gasteiger partial charge in [0.25, 0.3) is 0 Å². The first-order chi connectivity index (χ1) is 20.0. The molecule has 0 aliphatic heterocycles. The Labute approximate surface area is 243 Å². The molecule has 0 heterocycles. The van der Waals surface area contributed by atoms with Crippen LogP contribution in [0.5, 0.6) is 0 Å². The van der Waals surface area contributed by atoms with Gasteiger partial charge in [-0.05, 0) is 87.3 Å². The molecule has 0 N–H and O–H groups in total. The molecule has 0 unspecified atom stereocenters. The molecule has 7 rings (SSSR count).